The number of ether oxygens (including phenoxy) is 1. The largest absolute Gasteiger partial charge is 0.481 e. The van der Waals surface area contributed by atoms with E-state index in [-0.39, 0.29) is 18.9 Å². The van der Waals surface area contributed by atoms with Crippen LogP contribution in [0.25, 0.3) is 0 Å². The Bertz CT molecular complexity index is 1340. The molecule has 264 valence electrons. The Morgan fingerprint density at radius 2 is 1.71 bits per heavy atom. The lowest BCUT2D eigenvalue weighted by Crippen LogP contribution is -2.52. The van der Waals surface area contributed by atoms with E-state index in [4.69, 9.17) is 9.15 Å². The van der Waals surface area contributed by atoms with Gasteiger partial charge in [0.1, 0.15) is 29.9 Å². The number of nitrogens with one attached hydrogen (secondary N) is 1. The van der Waals surface area contributed by atoms with E-state index >= 15 is 0 Å². The Morgan fingerprint density at radius 1 is 1.04 bits per heavy atom. The molecule has 10 nitrogen and oxygen atoms in total. The van der Waals surface area contributed by atoms with E-state index in [2.05, 4.69) is 29.1 Å². The van der Waals surface area contributed by atoms with Crippen LogP contribution in [0, 0.1) is 24.7 Å². The molecule has 10 heteroatoms. The number of benzene rings is 1. The first kappa shape index (κ1) is 40.2. The summed E-state index contributed by atoms with van der Waals surface area (Å²) < 4.78 is 11.3. The van der Waals surface area contributed by atoms with Gasteiger partial charge in [0.15, 0.2) is 5.60 Å². The van der Waals surface area contributed by atoms with Crippen molar-refractivity contribution in [3.63, 3.8) is 0 Å². The van der Waals surface area contributed by atoms with E-state index < -0.39 is 42.5 Å². The number of hydrogen-bond acceptors (Lipinski definition) is 8. The van der Waals surface area contributed by atoms with E-state index in [0.717, 1.165) is 44.1 Å². The van der Waals surface area contributed by atoms with Crippen molar-refractivity contribution in [2.75, 3.05) is 13.2 Å². The number of aromatic nitrogens is 1. The Balaban J connectivity index is 2.05. The molecule has 1 heterocycles. The fourth-order valence-electron chi connectivity index (χ4n) is 5.39. The highest BCUT2D eigenvalue weighted by Crippen LogP contribution is 2.27. The number of hydrogen-bond donors (Lipinski definition) is 4. The maximum Gasteiger partial charge on any atom is 0.336 e. The van der Waals surface area contributed by atoms with E-state index in [9.17, 15) is 29.7 Å². The second-order valence-corrected chi connectivity index (χ2v) is 12.2. The van der Waals surface area contributed by atoms with Crippen LogP contribution in [0.2, 0.25) is 0 Å². The molecule has 2 rings (SSSR count). The number of amides is 1. The van der Waals surface area contributed by atoms with Crippen molar-refractivity contribution >= 4 is 17.7 Å². The van der Waals surface area contributed by atoms with E-state index in [1.54, 1.807) is 32.1 Å². The van der Waals surface area contributed by atoms with Crippen LogP contribution < -0.4 is 10.1 Å². The van der Waals surface area contributed by atoms with E-state index in [0.29, 0.717) is 36.6 Å². The average Bonchev–Trinajstić information content (AvgIpc) is 3.50. The SMILES string of the molecule is CC#CCOc1ccc(C[C@H](NC(=O)[C@@H](C=CCCCCCCC(=O)CCCCCCC)[C@@](O)(CCO)C(=O)O)c2ncc(C)o2)cc1. The van der Waals surface area contributed by atoms with E-state index in [1.165, 1.54) is 31.5 Å². The minimum absolute atomic E-state index is 0.234. The zero-order valence-corrected chi connectivity index (χ0v) is 28.8. The Hall–Kier alpha value is -3.94. The molecule has 1 amide bonds. The number of ketones is 1. The molecule has 0 bridgehead atoms. The molecule has 48 heavy (non-hydrogen) atoms. The van der Waals surface area contributed by atoms with Crippen molar-refractivity contribution in [1.29, 1.82) is 0 Å². The lowest BCUT2D eigenvalue weighted by Gasteiger charge is -2.30. The van der Waals surface area contributed by atoms with Crippen LogP contribution >= 0.6 is 0 Å². The topological polar surface area (TPSA) is 159 Å². The third-order valence-electron chi connectivity index (χ3n) is 8.23. The summed E-state index contributed by atoms with van der Waals surface area (Å²) >= 11 is 0. The maximum atomic E-state index is 13.7. The monoisotopic (exact) mass is 666 g/mol. The molecule has 0 unspecified atom stereocenters. The van der Waals surface area contributed by atoms with Gasteiger partial charge in [0.25, 0.3) is 0 Å². The van der Waals surface area contributed by atoms with Crippen molar-refractivity contribution in [2.45, 2.75) is 122 Å². The van der Waals surface area contributed by atoms with Gasteiger partial charge in [-0.3, -0.25) is 9.59 Å². The number of nitrogens with zero attached hydrogens (tertiary/aromatic N) is 1. The van der Waals surface area contributed by atoms with Gasteiger partial charge in [-0.1, -0.05) is 75.7 Å². The number of aliphatic hydroxyl groups excluding tert-OH is 1. The Kier molecular flexibility index (Phi) is 18.9. The van der Waals surface area contributed by atoms with E-state index in [1.807, 2.05) is 12.1 Å². The summed E-state index contributed by atoms with van der Waals surface area (Å²) in [4.78, 5) is 42.4. The third kappa shape index (κ3) is 14.4. The van der Waals surface area contributed by atoms with Crippen LogP contribution in [0.4, 0.5) is 0 Å². The average molecular weight is 667 g/mol. The van der Waals surface area contributed by atoms with Gasteiger partial charge in [-0.05, 0) is 57.2 Å². The molecule has 1 aromatic heterocycles. The lowest BCUT2D eigenvalue weighted by molar-refractivity contribution is -0.168. The predicted octanol–water partition coefficient (Wildman–Crippen LogP) is 6.43. The number of carbonyl (C=O) groups is 3. The smallest absolute Gasteiger partial charge is 0.336 e. The fourth-order valence-corrected chi connectivity index (χ4v) is 5.39. The summed E-state index contributed by atoms with van der Waals surface area (Å²) in [5.41, 5.74) is -1.71. The van der Waals surface area contributed by atoms with Crippen molar-refractivity contribution in [2.24, 2.45) is 5.92 Å². The zero-order valence-electron chi connectivity index (χ0n) is 28.8. The summed E-state index contributed by atoms with van der Waals surface area (Å²) in [6, 6.07) is 6.48. The van der Waals surface area contributed by atoms with Gasteiger partial charge in [-0.2, -0.15) is 0 Å². The van der Waals surface area contributed by atoms with Gasteiger partial charge in [0, 0.05) is 32.3 Å². The maximum absolute atomic E-state index is 13.7. The molecule has 1 aromatic carbocycles. The first-order valence-electron chi connectivity index (χ1n) is 17.2. The number of carboxylic acids is 1. The number of unbranched alkanes of at least 4 members (excludes halogenated alkanes) is 8. The summed E-state index contributed by atoms with van der Waals surface area (Å²) in [5.74, 6) is 3.49. The molecular weight excluding hydrogens is 612 g/mol. The Labute approximate surface area is 285 Å². The van der Waals surface area contributed by atoms with Crippen molar-refractivity contribution < 1.29 is 38.9 Å². The van der Waals surface area contributed by atoms with Crippen LogP contribution in [0.5, 0.6) is 5.75 Å². The molecule has 0 aliphatic rings. The minimum Gasteiger partial charge on any atom is -0.481 e. The highest BCUT2D eigenvalue weighted by atomic mass is 16.5. The quantitative estimate of drug-likeness (QED) is 0.0532. The zero-order chi connectivity index (χ0) is 35.2. The number of rotatable bonds is 25. The molecule has 0 saturated heterocycles. The van der Waals surface area contributed by atoms with Gasteiger partial charge in [-0.25, -0.2) is 9.78 Å². The molecule has 0 fully saturated rings. The predicted molar refractivity (Wildman–Crippen MR) is 184 cm³/mol. The highest BCUT2D eigenvalue weighted by Gasteiger charge is 2.47. The number of Topliss-reactive ketones (excluding diaryl/α,β-unsaturated/α-hetero) is 1. The number of carbonyl (C=O) groups excluding carboxylic acids is 2. The van der Waals surface area contributed by atoms with Crippen LogP contribution in [-0.2, 0) is 20.8 Å². The third-order valence-corrected chi connectivity index (χ3v) is 8.23. The number of allylic oxidation sites excluding steroid dienone is 1. The van der Waals surface area contributed by atoms with Crippen molar-refractivity contribution in [1.82, 2.24) is 10.3 Å². The second-order valence-electron chi connectivity index (χ2n) is 12.2. The highest BCUT2D eigenvalue weighted by molar-refractivity contribution is 5.90. The first-order chi connectivity index (χ1) is 23.1. The summed E-state index contributed by atoms with van der Waals surface area (Å²) in [6.45, 7) is 5.27. The molecule has 4 N–H and O–H groups in total. The van der Waals surface area contributed by atoms with Crippen molar-refractivity contribution in [3.8, 4) is 17.6 Å². The summed E-state index contributed by atoms with van der Waals surface area (Å²) in [5, 5.41) is 33.6. The van der Waals surface area contributed by atoms with Crippen LogP contribution in [0.3, 0.4) is 0 Å². The number of aliphatic hydroxyl groups is 2. The fraction of sp³-hybridized carbons (Fsp3) is 0.579. The summed E-state index contributed by atoms with van der Waals surface area (Å²) in [6.07, 6.45) is 15.2. The molecule has 3 atom stereocenters. The normalized spacial score (nSPS) is 13.7. The summed E-state index contributed by atoms with van der Waals surface area (Å²) in [7, 11) is 0. The molecule has 0 aliphatic heterocycles. The van der Waals surface area contributed by atoms with Gasteiger partial charge < -0.3 is 29.8 Å². The van der Waals surface area contributed by atoms with Gasteiger partial charge >= 0.3 is 5.97 Å². The standard InChI is InChI=1S/C38H54N2O8/c1-4-6-8-11-14-17-31(42)18-15-12-9-10-13-16-19-33(38(46,24-25-41)37(44)45)35(43)40-34(36-39-28-29(3)48-36)27-30-20-22-32(23-21-30)47-26-7-5-2/h16,19-23,28,33-34,41,46H,4,6,8-15,17-18,24-27H2,1-3H3,(H,40,43)(H,44,45)/t33-,34+,38+/m1/s1. The second kappa shape index (κ2) is 22.6. The number of aryl methyl sites for hydroxylation is 1. The number of aliphatic carboxylic acids is 1. The van der Waals surface area contributed by atoms with Crippen LogP contribution in [0.1, 0.15) is 121 Å². The van der Waals surface area contributed by atoms with Gasteiger partial charge in [0.05, 0.1) is 12.1 Å². The molecule has 0 spiro atoms. The molecule has 2 aromatic rings. The number of oxazole rings is 1. The first-order valence-corrected chi connectivity index (χ1v) is 17.2. The molecule has 0 aliphatic carbocycles. The van der Waals surface area contributed by atoms with Crippen molar-refractivity contribution in [3.05, 3.63) is 59.8 Å². The molecular formula is C38H54N2O8. The minimum atomic E-state index is -2.54. The molecule has 0 saturated carbocycles. The molecule has 0 radical (unpaired) electrons. The van der Waals surface area contributed by atoms with Crippen LogP contribution in [-0.4, -0.2) is 56.8 Å². The van der Waals surface area contributed by atoms with Gasteiger partial charge in [-0.15, -0.1) is 5.92 Å². The lowest BCUT2D eigenvalue weighted by atomic mass is 9.83. The van der Waals surface area contributed by atoms with Crippen LogP contribution in [0.15, 0.2) is 47.0 Å². The Morgan fingerprint density at radius 3 is 2.29 bits per heavy atom. The number of carboxylic acid groups (broad SMARTS) is 1. The van der Waals surface area contributed by atoms with Gasteiger partial charge in [0.2, 0.25) is 11.8 Å².